The summed E-state index contributed by atoms with van der Waals surface area (Å²) in [4.78, 5) is 24.5. The van der Waals surface area contributed by atoms with E-state index in [0.717, 1.165) is 38.5 Å². The first-order valence-corrected chi connectivity index (χ1v) is 31.9. The van der Waals surface area contributed by atoms with Crippen molar-refractivity contribution in [3.8, 4) is 0 Å². The van der Waals surface area contributed by atoms with Crippen LogP contribution in [0.5, 0.6) is 0 Å². The van der Waals surface area contributed by atoms with E-state index in [1.54, 1.807) is 0 Å². The molecule has 414 valence electrons. The Morgan fingerprint density at radius 2 is 0.571 bits per heavy atom. The molecule has 0 saturated heterocycles. The van der Waals surface area contributed by atoms with Crippen LogP contribution >= 0.6 is 0 Å². The summed E-state index contributed by atoms with van der Waals surface area (Å²) in [5.74, 6) is -0.565. The lowest BCUT2D eigenvalue weighted by molar-refractivity contribution is -0.161. The highest BCUT2D eigenvalue weighted by atomic mass is 16.6. The molecule has 1 N–H and O–H groups in total. The summed E-state index contributed by atoms with van der Waals surface area (Å²) in [6.45, 7) is 4.19. The molecule has 0 aromatic rings. The van der Waals surface area contributed by atoms with E-state index in [-0.39, 0.29) is 25.2 Å². The van der Waals surface area contributed by atoms with E-state index in [4.69, 9.17) is 9.47 Å². The van der Waals surface area contributed by atoms with E-state index in [2.05, 4.69) is 38.2 Å². The van der Waals surface area contributed by atoms with Crippen molar-refractivity contribution >= 4 is 11.9 Å². The van der Waals surface area contributed by atoms with Crippen molar-refractivity contribution in [2.24, 2.45) is 0 Å². The van der Waals surface area contributed by atoms with Crippen LogP contribution in [0.15, 0.2) is 24.3 Å². The van der Waals surface area contributed by atoms with Crippen molar-refractivity contribution in [3.05, 3.63) is 24.3 Å². The summed E-state index contributed by atoms with van der Waals surface area (Å²) in [5, 5.41) is 9.67. The molecular weight excluding hydrogens is 861 g/mol. The second-order valence-electron chi connectivity index (χ2n) is 21.9. The maximum atomic E-state index is 12.3. The predicted octanol–water partition coefficient (Wildman–Crippen LogP) is 21.7. The Labute approximate surface area is 438 Å². The molecule has 5 heteroatoms. The average molecular weight is 986 g/mol. The summed E-state index contributed by atoms with van der Waals surface area (Å²) in [6, 6.07) is 0. The number of ether oxygens (including phenoxy) is 2. The standard InChI is InChI=1S/C65H124O5/c1-3-5-7-9-11-13-15-17-19-21-23-24-25-26-27-28-29-30-31-32-33-34-35-36-37-38-39-40-42-44-46-48-50-52-54-56-58-60-65(68)70-63(61-66)62-69-64(67)59-57-55-53-51-49-47-45-43-41-22-20-18-16-14-12-10-8-6-4-2/h15,17,21,23,63,66H,3-14,16,18-20,22,24-62H2,1-2H3/b17-15-,23-21-. The van der Waals surface area contributed by atoms with Gasteiger partial charge >= 0.3 is 11.9 Å². The first kappa shape index (κ1) is 68.4. The molecular formula is C65H124O5. The van der Waals surface area contributed by atoms with Crippen LogP contribution in [-0.2, 0) is 19.1 Å². The number of rotatable bonds is 60. The molecule has 0 aliphatic heterocycles. The average Bonchev–Trinajstić information content (AvgIpc) is 3.36. The Hall–Kier alpha value is -1.62. The van der Waals surface area contributed by atoms with Crippen LogP contribution in [0.1, 0.15) is 361 Å². The molecule has 0 aromatic heterocycles. The number of carbonyl (C=O) groups is 2. The minimum atomic E-state index is -0.766. The first-order chi connectivity index (χ1) is 34.6. The van der Waals surface area contributed by atoms with E-state index in [9.17, 15) is 14.7 Å². The van der Waals surface area contributed by atoms with Gasteiger partial charge < -0.3 is 14.6 Å². The van der Waals surface area contributed by atoms with Gasteiger partial charge in [-0.25, -0.2) is 0 Å². The van der Waals surface area contributed by atoms with Crippen molar-refractivity contribution in [1.29, 1.82) is 0 Å². The molecule has 0 aromatic carbocycles. The highest BCUT2D eigenvalue weighted by Crippen LogP contribution is 2.18. The van der Waals surface area contributed by atoms with Crippen LogP contribution in [0.25, 0.3) is 0 Å². The van der Waals surface area contributed by atoms with Gasteiger partial charge in [0.25, 0.3) is 0 Å². The monoisotopic (exact) mass is 985 g/mol. The molecule has 1 unspecified atom stereocenters. The van der Waals surface area contributed by atoms with Gasteiger partial charge in [-0.3, -0.25) is 9.59 Å². The van der Waals surface area contributed by atoms with Crippen molar-refractivity contribution in [3.63, 3.8) is 0 Å². The zero-order chi connectivity index (χ0) is 50.6. The molecule has 70 heavy (non-hydrogen) atoms. The van der Waals surface area contributed by atoms with Gasteiger partial charge in [0.2, 0.25) is 0 Å². The van der Waals surface area contributed by atoms with Gasteiger partial charge in [0.05, 0.1) is 6.61 Å². The lowest BCUT2D eigenvalue weighted by Gasteiger charge is -2.15. The Balaban J connectivity index is 3.37. The van der Waals surface area contributed by atoms with Crippen molar-refractivity contribution < 1.29 is 24.2 Å². The van der Waals surface area contributed by atoms with Gasteiger partial charge in [-0.2, -0.15) is 0 Å². The van der Waals surface area contributed by atoms with Crippen molar-refractivity contribution in [2.45, 2.75) is 367 Å². The molecule has 1 atom stereocenters. The van der Waals surface area contributed by atoms with Crippen LogP contribution in [0.2, 0.25) is 0 Å². The quantitative estimate of drug-likeness (QED) is 0.0373. The number of aliphatic hydroxyl groups is 1. The van der Waals surface area contributed by atoms with E-state index >= 15 is 0 Å². The lowest BCUT2D eigenvalue weighted by Crippen LogP contribution is -2.28. The number of aliphatic hydroxyl groups excluding tert-OH is 1. The SMILES string of the molecule is CCCCCCC/C=C\C/C=C\CCCCCCCCCCCCCCCCCCCCCCCCCCCC(=O)OC(CO)COC(=O)CCCCCCCCCCCCCCCCCCCCC. The van der Waals surface area contributed by atoms with E-state index in [1.165, 1.54) is 295 Å². The fraction of sp³-hybridized carbons (Fsp3) is 0.908. The zero-order valence-electron chi connectivity index (χ0n) is 47.6. The molecule has 0 radical (unpaired) electrons. The fourth-order valence-corrected chi connectivity index (χ4v) is 9.94. The largest absolute Gasteiger partial charge is 0.462 e. The second kappa shape index (κ2) is 61.7. The highest BCUT2D eigenvalue weighted by Gasteiger charge is 2.16. The molecule has 0 amide bonds. The summed E-state index contributed by atoms with van der Waals surface area (Å²) >= 11 is 0. The molecule has 0 fully saturated rings. The normalized spacial score (nSPS) is 12.2. The van der Waals surface area contributed by atoms with Gasteiger partial charge in [-0.1, -0.05) is 327 Å². The molecule has 0 rings (SSSR count). The van der Waals surface area contributed by atoms with E-state index in [0.29, 0.717) is 12.8 Å². The number of hydrogen-bond acceptors (Lipinski definition) is 5. The van der Waals surface area contributed by atoms with Crippen LogP contribution in [0.3, 0.4) is 0 Å². The topological polar surface area (TPSA) is 72.8 Å². The van der Waals surface area contributed by atoms with Gasteiger partial charge in [-0.05, 0) is 44.9 Å². The van der Waals surface area contributed by atoms with E-state index < -0.39 is 6.10 Å². The third-order valence-corrected chi connectivity index (χ3v) is 14.7. The molecule has 0 aliphatic rings. The maximum absolute atomic E-state index is 12.3. The second-order valence-corrected chi connectivity index (χ2v) is 21.9. The molecule has 0 saturated carbocycles. The van der Waals surface area contributed by atoms with Gasteiger partial charge in [-0.15, -0.1) is 0 Å². The summed E-state index contributed by atoms with van der Waals surface area (Å²) in [6.07, 6.45) is 79.1. The number of carbonyl (C=O) groups excluding carboxylic acids is 2. The van der Waals surface area contributed by atoms with Crippen LogP contribution in [0.4, 0.5) is 0 Å². The number of esters is 2. The summed E-state index contributed by atoms with van der Waals surface area (Å²) in [5.41, 5.74) is 0. The smallest absolute Gasteiger partial charge is 0.306 e. The lowest BCUT2D eigenvalue weighted by atomic mass is 10.0. The minimum absolute atomic E-state index is 0.0574. The van der Waals surface area contributed by atoms with E-state index in [1.807, 2.05) is 0 Å². The minimum Gasteiger partial charge on any atom is -0.462 e. The summed E-state index contributed by atoms with van der Waals surface area (Å²) < 4.78 is 10.7. The van der Waals surface area contributed by atoms with Crippen LogP contribution in [-0.4, -0.2) is 36.4 Å². The predicted molar refractivity (Wildman–Crippen MR) is 307 cm³/mol. The number of hydrogen-bond donors (Lipinski definition) is 1. The Morgan fingerprint density at radius 3 is 0.843 bits per heavy atom. The molecule has 0 aliphatic carbocycles. The van der Waals surface area contributed by atoms with Crippen LogP contribution < -0.4 is 0 Å². The Kier molecular flexibility index (Phi) is 60.3. The third-order valence-electron chi connectivity index (χ3n) is 14.7. The molecule has 0 heterocycles. The molecule has 0 bridgehead atoms. The fourth-order valence-electron chi connectivity index (χ4n) is 9.94. The number of unbranched alkanes of at least 4 members (excludes halogenated alkanes) is 48. The Bertz CT molecular complexity index is 1070. The van der Waals surface area contributed by atoms with Gasteiger partial charge in [0.15, 0.2) is 6.10 Å². The van der Waals surface area contributed by atoms with Crippen molar-refractivity contribution in [2.75, 3.05) is 13.2 Å². The highest BCUT2D eigenvalue weighted by molar-refractivity contribution is 5.70. The zero-order valence-corrected chi connectivity index (χ0v) is 47.6. The Morgan fingerprint density at radius 1 is 0.329 bits per heavy atom. The van der Waals surface area contributed by atoms with Crippen LogP contribution in [0, 0.1) is 0 Å². The van der Waals surface area contributed by atoms with Crippen molar-refractivity contribution in [1.82, 2.24) is 0 Å². The van der Waals surface area contributed by atoms with Gasteiger partial charge in [0.1, 0.15) is 6.61 Å². The third kappa shape index (κ3) is 58.9. The number of allylic oxidation sites excluding steroid dienone is 4. The molecule has 0 spiro atoms. The summed E-state index contributed by atoms with van der Waals surface area (Å²) in [7, 11) is 0. The maximum Gasteiger partial charge on any atom is 0.306 e. The molecule has 5 nitrogen and oxygen atoms in total. The first-order valence-electron chi connectivity index (χ1n) is 31.9. The van der Waals surface area contributed by atoms with Gasteiger partial charge in [0, 0.05) is 12.8 Å².